The van der Waals surface area contributed by atoms with Gasteiger partial charge in [-0.25, -0.2) is 0 Å². The fourth-order valence-electron chi connectivity index (χ4n) is 3.13. The van der Waals surface area contributed by atoms with Crippen molar-refractivity contribution < 1.29 is 19.4 Å². The van der Waals surface area contributed by atoms with Crippen molar-refractivity contribution in [1.82, 2.24) is 0 Å². The summed E-state index contributed by atoms with van der Waals surface area (Å²) in [5, 5.41) is 9.41. The first-order chi connectivity index (χ1) is 14.1. The number of hydrogen-bond acceptors (Lipinski definition) is 3. The topological polar surface area (TPSA) is 55.8 Å². The van der Waals surface area contributed by atoms with Crippen LogP contribution in [0.4, 0.5) is 0 Å². The maximum Gasteiger partial charge on any atom is 0.307 e. The van der Waals surface area contributed by atoms with Crippen LogP contribution in [0, 0.1) is 0 Å². The van der Waals surface area contributed by atoms with Crippen molar-refractivity contribution in [3.05, 3.63) is 93.5 Å². The highest BCUT2D eigenvalue weighted by Crippen LogP contribution is 2.39. The molecule has 4 nitrogen and oxygen atoms in total. The molecule has 150 valence electrons. The maximum atomic E-state index is 11.5. The Balaban J connectivity index is 1.92. The first kappa shape index (κ1) is 20.9. The van der Waals surface area contributed by atoms with Crippen LogP contribution < -0.4 is 9.47 Å². The summed E-state index contributed by atoms with van der Waals surface area (Å²) in [6.45, 7) is 2.78. The van der Waals surface area contributed by atoms with E-state index >= 15 is 0 Å². The number of hydrogen-bond donors (Lipinski definition) is 1. The minimum Gasteiger partial charge on any atom is -0.488 e. The molecule has 0 heterocycles. The van der Waals surface area contributed by atoms with Crippen molar-refractivity contribution in [2.24, 2.45) is 0 Å². The van der Waals surface area contributed by atoms with Crippen LogP contribution in [-0.2, 0) is 30.8 Å². The number of rotatable bonds is 9. The molecule has 3 aromatic carbocycles. The van der Waals surface area contributed by atoms with Gasteiger partial charge in [-0.05, 0) is 44.6 Å². The molecular weight excluding hydrogens is 432 g/mol. The van der Waals surface area contributed by atoms with E-state index in [1.54, 1.807) is 0 Å². The summed E-state index contributed by atoms with van der Waals surface area (Å²) < 4.78 is 12.8. The van der Waals surface area contributed by atoms with Crippen LogP contribution in [-0.4, -0.2) is 11.1 Å². The molecule has 0 aliphatic rings. The number of carboxylic acid groups (broad SMARTS) is 1. The summed E-state index contributed by atoms with van der Waals surface area (Å²) in [5.74, 6) is 0.332. The molecular formula is C24H23BrO4. The van der Waals surface area contributed by atoms with Gasteiger partial charge in [0, 0.05) is 6.07 Å². The van der Waals surface area contributed by atoms with Crippen molar-refractivity contribution in [2.45, 2.75) is 33.0 Å². The monoisotopic (exact) mass is 454 g/mol. The van der Waals surface area contributed by atoms with E-state index in [-0.39, 0.29) is 6.42 Å². The van der Waals surface area contributed by atoms with E-state index < -0.39 is 5.97 Å². The molecule has 0 aliphatic carbocycles. The van der Waals surface area contributed by atoms with E-state index in [1.807, 2.05) is 73.7 Å². The van der Waals surface area contributed by atoms with Crippen LogP contribution in [0.5, 0.6) is 11.5 Å². The second-order valence-corrected chi connectivity index (χ2v) is 7.41. The van der Waals surface area contributed by atoms with E-state index in [4.69, 9.17) is 9.47 Å². The molecule has 0 unspecified atom stereocenters. The van der Waals surface area contributed by atoms with Gasteiger partial charge in [-0.3, -0.25) is 4.79 Å². The highest BCUT2D eigenvalue weighted by molar-refractivity contribution is 9.10. The Labute approximate surface area is 179 Å². The number of halogens is 1. The molecule has 0 saturated heterocycles. The van der Waals surface area contributed by atoms with E-state index in [0.717, 1.165) is 16.7 Å². The largest absolute Gasteiger partial charge is 0.488 e. The fourth-order valence-corrected chi connectivity index (χ4v) is 3.74. The third-order valence-corrected chi connectivity index (χ3v) is 5.43. The zero-order valence-electron chi connectivity index (χ0n) is 16.2. The van der Waals surface area contributed by atoms with Crippen LogP contribution in [0.3, 0.4) is 0 Å². The number of ether oxygens (including phenoxy) is 2. The lowest BCUT2D eigenvalue weighted by atomic mass is 10.0. The quantitative estimate of drug-likeness (QED) is 0.443. The molecule has 5 heteroatoms. The van der Waals surface area contributed by atoms with Crippen molar-refractivity contribution in [2.75, 3.05) is 0 Å². The summed E-state index contributed by atoms with van der Waals surface area (Å²) in [5.41, 5.74) is 3.64. The second kappa shape index (κ2) is 10.1. The lowest BCUT2D eigenvalue weighted by Crippen LogP contribution is -2.09. The molecule has 3 rings (SSSR count). The molecule has 0 atom stereocenters. The molecule has 0 amide bonds. The summed E-state index contributed by atoms with van der Waals surface area (Å²) >= 11 is 3.56. The van der Waals surface area contributed by atoms with Crippen LogP contribution in [0.15, 0.2) is 71.2 Å². The van der Waals surface area contributed by atoms with Crippen LogP contribution >= 0.6 is 15.9 Å². The van der Waals surface area contributed by atoms with Gasteiger partial charge in [-0.1, -0.05) is 67.6 Å². The molecule has 0 spiro atoms. The summed E-state index contributed by atoms with van der Waals surface area (Å²) in [6, 6.07) is 21.6. The maximum absolute atomic E-state index is 11.5. The molecule has 1 N–H and O–H groups in total. The Morgan fingerprint density at radius 1 is 0.862 bits per heavy atom. The van der Waals surface area contributed by atoms with Gasteiger partial charge in [0.2, 0.25) is 0 Å². The average molecular weight is 455 g/mol. The molecule has 29 heavy (non-hydrogen) atoms. The minimum absolute atomic E-state index is 0.103. The molecule has 0 saturated carbocycles. The Kier molecular flexibility index (Phi) is 7.30. The van der Waals surface area contributed by atoms with Gasteiger partial charge < -0.3 is 14.6 Å². The second-order valence-electron chi connectivity index (χ2n) is 6.62. The van der Waals surface area contributed by atoms with Gasteiger partial charge >= 0.3 is 5.97 Å². The fraction of sp³-hybridized carbons (Fsp3) is 0.208. The van der Waals surface area contributed by atoms with Crippen LogP contribution in [0.2, 0.25) is 0 Å². The number of carboxylic acids is 1. The van der Waals surface area contributed by atoms with E-state index in [0.29, 0.717) is 41.2 Å². The van der Waals surface area contributed by atoms with E-state index in [2.05, 4.69) is 15.9 Å². The van der Waals surface area contributed by atoms with Crippen molar-refractivity contribution >= 4 is 21.9 Å². The Morgan fingerprint density at radius 3 is 1.86 bits per heavy atom. The first-order valence-corrected chi connectivity index (χ1v) is 10.3. The summed E-state index contributed by atoms with van der Waals surface area (Å²) in [7, 11) is 0. The van der Waals surface area contributed by atoms with Gasteiger partial charge in [0.15, 0.2) is 0 Å². The van der Waals surface area contributed by atoms with Gasteiger partial charge in [0.25, 0.3) is 0 Å². The molecule has 0 radical (unpaired) electrons. The SMILES string of the molecule is CCc1c(OCc2ccccc2)cc(OCc2ccccc2)c(Br)c1CC(=O)O. The third-order valence-electron chi connectivity index (χ3n) is 4.56. The normalized spacial score (nSPS) is 10.6. The van der Waals surface area contributed by atoms with Gasteiger partial charge in [0.1, 0.15) is 24.7 Å². The average Bonchev–Trinajstić information content (AvgIpc) is 2.74. The molecule has 0 aromatic heterocycles. The Hall–Kier alpha value is -2.79. The molecule has 0 fully saturated rings. The zero-order valence-corrected chi connectivity index (χ0v) is 17.8. The van der Waals surface area contributed by atoms with Crippen LogP contribution in [0.25, 0.3) is 0 Å². The Morgan fingerprint density at radius 2 is 1.38 bits per heavy atom. The third kappa shape index (κ3) is 5.61. The van der Waals surface area contributed by atoms with E-state index in [1.165, 1.54) is 0 Å². The number of aliphatic carboxylic acids is 1. The van der Waals surface area contributed by atoms with E-state index in [9.17, 15) is 9.90 Å². The molecule has 3 aromatic rings. The summed E-state index contributed by atoms with van der Waals surface area (Å²) in [6.07, 6.45) is 0.554. The number of benzene rings is 3. The van der Waals surface area contributed by atoms with Gasteiger partial charge in [-0.2, -0.15) is 0 Å². The van der Waals surface area contributed by atoms with Gasteiger partial charge in [0.05, 0.1) is 10.9 Å². The molecule has 0 bridgehead atoms. The minimum atomic E-state index is -0.894. The number of carbonyl (C=O) groups is 1. The lowest BCUT2D eigenvalue weighted by Gasteiger charge is -2.19. The highest BCUT2D eigenvalue weighted by Gasteiger charge is 2.20. The first-order valence-electron chi connectivity index (χ1n) is 9.48. The smallest absolute Gasteiger partial charge is 0.307 e. The van der Waals surface area contributed by atoms with Gasteiger partial charge in [-0.15, -0.1) is 0 Å². The van der Waals surface area contributed by atoms with Crippen LogP contribution in [0.1, 0.15) is 29.2 Å². The zero-order chi connectivity index (χ0) is 20.6. The van der Waals surface area contributed by atoms with Crippen molar-refractivity contribution in [1.29, 1.82) is 0 Å². The lowest BCUT2D eigenvalue weighted by molar-refractivity contribution is -0.136. The molecule has 0 aliphatic heterocycles. The van der Waals surface area contributed by atoms with Crippen molar-refractivity contribution in [3.63, 3.8) is 0 Å². The Bertz CT molecular complexity index is 956. The highest BCUT2D eigenvalue weighted by atomic mass is 79.9. The predicted molar refractivity (Wildman–Crippen MR) is 116 cm³/mol. The predicted octanol–water partition coefficient (Wildman–Crippen LogP) is 5.80. The van der Waals surface area contributed by atoms with Crippen molar-refractivity contribution in [3.8, 4) is 11.5 Å². The standard InChI is InChI=1S/C24H23BrO4/c1-2-19-20(13-23(26)27)24(25)22(29-16-18-11-7-4-8-12-18)14-21(19)28-15-17-9-5-3-6-10-17/h3-12,14H,2,13,15-16H2,1H3,(H,26,27). The summed E-state index contributed by atoms with van der Waals surface area (Å²) in [4.78, 5) is 11.5.